The predicted molar refractivity (Wildman–Crippen MR) is 61.7 cm³/mol. The molecule has 0 aromatic heterocycles. The molecule has 0 aromatic rings. The average molecular weight is 212 g/mol. The van der Waals surface area contributed by atoms with Crippen molar-refractivity contribution in [3.8, 4) is 0 Å². The summed E-state index contributed by atoms with van der Waals surface area (Å²) in [5.74, 6) is 1.95. The molecule has 0 bridgehead atoms. The Balaban J connectivity index is 1.76. The Kier molecular flexibility index (Phi) is 4.00. The van der Waals surface area contributed by atoms with E-state index in [1.165, 1.54) is 32.4 Å². The number of ether oxygens (including phenoxy) is 1. The van der Waals surface area contributed by atoms with Gasteiger partial charge in [-0.2, -0.15) is 0 Å². The lowest BCUT2D eigenvalue weighted by Gasteiger charge is -2.23. The van der Waals surface area contributed by atoms with E-state index in [0.717, 1.165) is 25.0 Å². The highest BCUT2D eigenvalue weighted by Gasteiger charge is 2.36. The van der Waals surface area contributed by atoms with Crippen LogP contribution >= 0.6 is 0 Å². The highest BCUT2D eigenvalue weighted by Crippen LogP contribution is 2.37. The Bertz CT molecular complexity index is 186. The Morgan fingerprint density at radius 2 is 2.00 bits per heavy atom. The van der Waals surface area contributed by atoms with Gasteiger partial charge in [0.15, 0.2) is 0 Å². The van der Waals surface area contributed by atoms with Gasteiger partial charge in [-0.25, -0.2) is 0 Å². The third-order valence-corrected chi connectivity index (χ3v) is 3.93. The Morgan fingerprint density at radius 1 is 1.33 bits per heavy atom. The van der Waals surface area contributed by atoms with Gasteiger partial charge < -0.3 is 15.4 Å². The SMILES string of the molecule is CCOC(CN)CN1CC2CCCC2C1. The van der Waals surface area contributed by atoms with E-state index in [9.17, 15) is 0 Å². The maximum absolute atomic E-state index is 5.70. The molecule has 1 heterocycles. The molecule has 1 saturated heterocycles. The van der Waals surface area contributed by atoms with E-state index in [4.69, 9.17) is 10.5 Å². The summed E-state index contributed by atoms with van der Waals surface area (Å²) >= 11 is 0. The van der Waals surface area contributed by atoms with Crippen molar-refractivity contribution in [3.05, 3.63) is 0 Å². The molecule has 1 saturated carbocycles. The van der Waals surface area contributed by atoms with Crippen LogP contribution in [0.4, 0.5) is 0 Å². The molecular formula is C12H24N2O. The number of hydrogen-bond donors (Lipinski definition) is 1. The first-order valence-electron chi connectivity index (χ1n) is 6.37. The number of nitrogens with two attached hydrogens (primary N) is 1. The Labute approximate surface area is 93.0 Å². The summed E-state index contributed by atoms with van der Waals surface area (Å²) in [6.45, 7) is 7.09. The zero-order chi connectivity index (χ0) is 10.7. The van der Waals surface area contributed by atoms with E-state index in [0.29, 0.717) is 6.54 Å². The molecule has 0 radical (unpaired) electrons. The fourth-order valence-electron chi connectivity index (χ4n) is 3.20. The van der Waals surface area contributed by atoms with Crippen LogP contribution < -0.4 is 5.73 Å². The van der Waals surface area contributed by atoms with Crippen LogP contribution in [0.25, 0.3) is 0 Å². The maximum Gasteiger partial charge on any atom is 0.0823 e. The fraction of sp³-hybridized carbons (Fsp3) is 1.00. The number of likely N-dealkylation sites (tertiary alicyclic amines) is 1. The molecule has 3 atom stereocenters. The van der Waals surface area contributed by atoms with Crippen LogP contribution in [-0.4, -0.2) is 43.8 Å². The lowest BCUT2D eigenvalue weighted by atomic mass is 10.0. The molecule has 2 N–H and O–H groups in total. The van der Waals surface area contributed by atoms with Gasteiger partial charge in [0.1, 0.15) is 0 Å². The second-order valence-corrected chi connectivity index (χ2v) is 4.98. The first kappa shape index (κ1) is 11.4. The predicted octanol–water partition coefficient (Wildman–Crippen LogP) is 1.08. The van der Waals surface area contributed by atoms with Gasteiger partial charge in [0.25, 0.3) is 0 Å². The first-order valence-corrected chi connectivity index (χ1v) is 6.37. The van der Waals surface area contributed by atoms with Gasteiger partial charge in [0.2, 0.25) is 0 Å². The second-order valence-electron chi connectivity index (χ2n) is 4.98. The van der Waals surface area contributed by atoms with Crippen molar-refractivity contribution in [1.82, 2.24) is 4.90 Å². The van der Waals surface area contributed by atoms with Crippen LogP contribution in [-0.2, 0) is 4.74 Å². The van der Waals surface area contributed by atoms with Crippen LogP contribution in [0.15, 0.2) is 0 Å². The molecular weight excluding hydrogens is 188 g/mol. The maximum atomic E-state index is 5.70. The summed E-state index contributed by atoms with van der Waals surface area (Å²) in [7, 11) is 0. The lowest BCUT2D eigenvalue weighted by Crippen LogP contribution is -2.37. The molecule has 2 fully saturated rings. The van der Waals surface area contributed by atoms with E-state index in [1.807, 2.05) is 6.92 Å². The fourth-order valence-corrected chi connectivity index (χ4v) is 3.20. The molecule has 3 heteroatoms. The summed E-state index contributed by atoms with van der Waals surface area (Å²) in [4.78, 5) is 2.56. The monoisotopic (exact) mass is 212 g/mol. The van der Waals surface area contributed by atoms with Gasteiger partial charge >= 0.3 is 0 Å². The second kappa shape index (κ2) is 5.28. The number of nitrogens with zero attached hydrogens (tertiary/aromatic N) is 1. The quantitative estimate of drug-likeness (QED) is 0.741. The molecule has 2 aliphatic rings. The first-order chi connectivity index (χ1) is 7.33. The smallest absolute Gasteiger partial charge is 0.0823 e. The van der Waals surface area contributed by atoms with Crippen LogP contribution in [0.5, 0.6) is 0 Å². The lowest BCUT2D eigenvalue weighted by molar-refractivity contribution is 0.0430. The summed E-state index contributed by atoms with van der Waals surface area (Å²) < 4.78 is 5.61. The van der Waals surface area contributed by atoms with E-state index >= 15 is 0 Å². The topological polar surface area (TPSA) is 38.5 Å². The minimum atomic E-state index is 0.244. The van der Waals surface area contributed by atoms with Crippen molar-refractivity contribution in [2.24, 2.45) is 17.6 Å². The van der Waals surface area contributed by atoms with Gasteiger partial charge in [0, 0.05) is 32.8 Å². The van der Waals surface area contributed by atoms with Gasteiger partial charge in [-0.05, 0) is 31.6 Å². The number of fused-ring (bicyclic) bond motifs is 1. The van der Waals surface area contributed by atoms with Crippen molar-refractivity contribution in [3.63, 3.8) is 0 Å². The molecule has 88 valence electrons. The van der Waals surface area contributed by atoms with E-state index < -0.39 is 0 Å². The van der Waals surface area contributed by atoms with Gasteiger partial charge in [0.05, 0.1) is 6.10 Å². The zero-order valence-electron chi connectivity index (χ0n) is 9.82. The van der Waals surface area contributed by atoms with Crippen LogP contribution in [0.3, 0.4) is 0 Å². The normalized spacial score (nSPS) is 33.2. The molecule has 0 aromatic carbocycles. The Morgan fingerprint density at radius 3 is 2.53 bits per heavy atom. The molecule has 15 heavy (non-hydrogen) atoms. The third-order valence-electron chi connectivity index (χ3n) is 3.93. The van der Waals surface area contributed by atoms with Crippen LogP contribution in [0, 0.1) is 11.8 Å². The zero-order valence-corrected chi connectivity index (χ0v) is 9.82. The van der Waals surface area contributed by atoms with Crippen molar-refractivity contribution in [2.75, 3.05) is 32.8 Å². The Hall–Kier alpha value is -0.120. The molecule has 1 aliphatic heterocycles. The van der Waals surface area contributed by atoms with Crippen molar-refractivity contribution >= 4 is 0 Å². The standard InChI is InChI=1S/C12H24N2O/c1-2-15-12(6-13)9-14-7-10-4-3-5-11(10)8-14/h10-12H,2-9,13H2,1H3. The van der Waals surface area contributed by atoms with Crippen LogP contribution in [0.2, 0.25) is 0 Å². The van der Waals surface area contributed by atoms with Crippen molar-refractivity contribution < 1.29 is 4.74 Å². The number of hydrogen-bond acceptors (Lipinski definition) is 3. The van der Waals surface area contributed by atoms with Crippen molar-refractivity contribution in [1.29, 1.82) is 0 Å². The van der Waals surface area contributed by atoms with E-state index in [2.05, 4.69) is 4.90 Å². The highest BCUT2D eigenvalue weighted by molar-refractivity contribution is 4.89. The average Bonchev–Trinajstić information content (AvgIpc) is 2.77. The summed E-state index contributed by atoms with van der Waals surface area (Å²) in [5, 5.41) is 0. The highest BCUT2D eigenvalue weighted by atomic mass is 16.5. The van der Waals surface area contributed by atoms with Gasteiger partial charge in [-0.1, -0.05) is 6.42 Å². The molecule has 3 unspecified atom stereocenters. The van der Waals surface area contributed by atoms with Gasteiger partial charge in [-0.3, -0.25) is 0 Å². The minimum absolute atomic E-state index is 0.244. The summed E-state index contributed by atoms with van der Waals surface area (Å²) in [5.41, 5.74) is 5.70. The largest absolute Gasteiger partial charge is 0.376 e. The summed E-state index contributed by atoms with van der Waals surface area (Å²) in [6.07, 6.45) is 4.59. The summed E-state index contributed by atoms with van der Waals surface area (Å²) in [6, 6.07) is 0. The molecule has 0 amide bonds. The van der Waals surface area contributed by atoms with Crippen LogP contribution in [0.1, 0.15) is 26.2 Å². The minimum Gasteiger partial charge on any atom is -0.376 e. The number of rotatable bonds is 5. The molecule has 2 rings (SSSR count). The van der Waals surface area contributed by atoms with E-state index in [-0.39, 0.29) is 6.10 Å². The molecule has 0 spiro atoms. The van der Waals surface area contributed by atoms with Crippen molar-refractivity contribution in [2.45, 2.75) is 32.3 Å². The molecule has 1 aliphatic carbocycles. The van der Waals surface area contributed by atoms with E-state index in [1.54, 1.807) is 0 Å². The molecule has 3 nitrogen and oxygen atoms in total. The van der Waals surface area contributed by atoms with Gasteiger partial charge in [-0.15, -0.1) is 0 Å². The third kappa shape index (κ3) is 2.71.